The molecule has 1 aliphatic heterocycles. The highest BCUT2D eigenvalue weighted by Gasteiger charge is 2.49. The molecule has 1 saturated heterocycles. The number of carbonyl (C=O) groups excluding carboxylic acids is 2. The summed E-state index contributed by atoms with van der Waals surface area (Å²) in [5, 5.41) is 0. The van der Waals surface area contributed by atoms with E-state index in [1.807, 2.05) is 38.0 Å². The lowest BCUT2D eigenvalue weighted by Crippen LogP contribution is -2.41. The van der Waals surface area contributed by atoms with Crippen molar-refractivity contribution in [1.29, 1.82) is 0 Å². The van der Waals surface area contributed by atoms with Gasteiger partial charge in [0.15, 0.2) is 0 Å². The van der Waals surface area contributed by atoms with Crippen molar-refractivity contribution in [1.82, 2.24) is 9.80 Å². The molecule has 0 aliphatic carbocycles. The van der Waals surface area contributed by atoms with Crippen LogP contribution in [0.5, 0.6) is 0 Å². The number of rotatable bonds is 25. The molecule has 0 aromatic rings. The van der Waals surface area contributed by atoms with E-state index < -0.39 is 24.6 Å². The summed E-state index contributed by atoms with van der Waals surface area (Å²) < 4.78 is 30.1. The number of hydrogen-bond donors (Lipinski definition) is 0. The van der Waals surface area contributed by atoms with Gasteiger partial charge in [0.05, 0.1) is 12.8 Å². The Bertz CT molecular complexity index is 647. The lowest BCUT2D eigenvalue weighted by molar-refractivity contribution is -0.197. The highest BCUT2D eigenvalue weighted by molar-refractivity contribution is 5.70. The van der Waals surface area contributed by atoms with Crippen molar-refractivity contribution in [3.8, 4) is 0 Å². The number of hydrogen-bond acceptors (Lipinski definition) is 9. The molecule has 0 aromatic heterocycles. The molecular weight excluding hydrogens is 512 g/mol. The van der Waals surface area contributed by atoms with E-state index in [1.54, 1.807) is 0 Å². The van der Waals surface area contributed by atoms with Crippen LogP contribution in [0.2, 0.25) is 0 Å². The molecule has 40 heavy (non-hydrogen) atoms. The molecule has 0 saturated carbocycles. The number of unbranched alkanes of at least 4 members (excludes halogenated alkanes) is 10. The van der Waals surface area contributed by atoms with Crippen LogP contribution in [-0.2, 0) is 33.3 Å². The molecule has 0 amide bonds. The van der Waals surface area contributed by atoms with Gasteiger partial charge in [-0.2, -0.15) is 0 Å². The van der Waals surface area contributed by atoms with E-state index in [1.165, 1.54) is 51.4 Å². The molecule has 0 radical (unpaired) electrons. The van der Waals surface area contributed by atoms with Crippen molar-refractivity contribution >= 4 is 11.9 Å². The summed E-state index contributed by atoms with van der Waals surface area (Å²) in [4.78, 5) is 28.8. The molecule has 236 valence electrons. The van der Waals surface area contributed by atoms with Gasteiger partial charge in [-0.05, 0) is 41.0 Å². The number of esters is 2. The summed E-state index contributed by atoms with van der Waals surface area (Å²) in [6.07, 6.45) is 11.9. The first kappa shape index (κ1) is 36.8. The molecule has 0 spiro atoms. The molecule has 1 heterocycles. The third-order valence-corrected chi connectivity index (χ3v) is 7.07. The van der Waals surface area contributed by atoms with Crippen molar-refractivity contribution < 1.29 is 33.3 Å². The van der Waals surface area contributed by atoms with Crippen molar-refractivity contribution in [3.63, 3.8) is 0 Å². The van der Waals surface area contributed by atoms with Crippen LogP contribution >= 0.6 is 0 Å². The second kappa shape index (κ2) is 23.3. The summed E-state index contributed by atoms with van der Waals surface area (Å²) in [7, 11) is 7.66. The van der Waals surface area contributed by atoms with Gasteiger partial charge < -0.3 is 33.5 Å². The summed E-state index contributed by atoms with van der Waals surface area (Å²) in [6.45, 7) is 6.76. The van der Waals surface area contributed by atoms with Crippen LogP contribution < -0.4 is 0 Å². The zero-order chi connectivity index (χ0) is 29.6. The Morgan fingerprint density at radius 3 is 1.65 bits per heavy atom. The summed E-state index contributed by atoms with van der Waals surface area (Å²) >= 11 is 0. The van der Waals surface area contributed by atoms with Gasteiger partial charge >= 0.3 is 11.9 Å². The van der Waals surface area contributed by atoms with Crippen molar-refractivity contribution in [2.24, 2.45) is 0 Å². The molecule has 1 rings (SSSR count). The van der Waals surface area contributed by atoms with Gasteiger partial charge in [-0.1, -0.05) is 78.1 Å². The lowest BCUT2D eigenvalue weighted by Gasteiger charge is -2.25. The van der Waals surface area contributed by atoms with Gasteiger partial charge in [0.1, 0.15) is 24.9 Å². The molecule has 4 atom stereocenters. The maximum atomic E-state index is 12.6. The fourth-order valence-corrected chi connectivity index (χ4v) is 4.57. The Labute approximate surface area is 244 Å². The number of nitrogens with zero attached hydrogens (tertiary/aromatic N) is 2. The largest absolute Gasteiger partial charge is 0.463 e. The Morgan fingerprint density at radius 2 is 1.12 bits per heavy atom. The van der Waals surface area contributed by atoms with Crippen LogP contribution in [0.4, 0.5) is 0 Å². The van der Waals surface area contributed by atoms with E-state index in [4.69, 9.17) is 23.7 Å². The van der Waals surface area contributed by atoms with Crippen LogP contribution in [0.15, 0.2) is 0 Å². The van der Waals surface area contributed by atoms with Crippen molar-refractivity contribution in [2.45, 2.75) is 128 Å². The van der Waals surface area contributed by atoms with E-state index in [2.05, 4.69) is 13.8 Å². The fourth-order valence-electron chi connectivity index (χ4n) is 4.57. The molecule has 1 aliphatic rings. The van der Waals surface area contributed by atoms with Gasteiger partial charge in [0, 0.05) is 26.3 Å². The zero-order valence-corrected chi connectivity index (χ0v) is 26.5. The monoisotopic (exact) mass is 572 g/mol. The first-order valence-electron chi connectivity index (χ1n) is 15.8. The highest BCUT2D eigenvalue weighted by Crippen LogP contribution is 2.29. The molecule has 1 fully saturated rings. The third kappa shape index (κ3) is 17.5. The Hall–Kier alpha value is -1.26. The summed E-state index contributed by atoms with van der Waals surface area (Å²) in [5.74, 6) is -0.631. The van der Waals surface area contributed by atoms with E-state index >= 15 is 0 Å². The normalized spacial score (nSPS) is 20.9. The van der Waals surface area contributed by atoms with Gasteiger partial charge in [0.25, 0.3) is 0 Å². The highest BCUT2D eigenvalue weighted by atomic mass is 16.7. The average Bonchev–Trinajstić information content (AvgIpc) is 3.23. The molecule has 0 aromatic carbocycles. The lowest BCUT2D eigenvalue weighted by atomic mass is 10.1. The molecule has 1 unspecified atom stereocenters. The minimum atomic E-state index is -0.894. The predicted molar refractivity (Wildman–Crippen MR) is 158 cm³/mol. The van der Waals surface area contributed by atoms with Gasteiger partial charge in [-0.25, -0.2) is 0 Å². The zero-order valence-electron chi connectivity index (χ0n) is 26.5. The summed E-state index contributed by atoms with van der Waals surface area (Å²) in [5.41, 5.74) is 0. The smallest absolute Gasteiger partial charge is 0.309 e. The molecule has 0 N–H and O–H groups in total. The predicted octanol–water partition coefficient (Wildman–Crippen LogP) is 5.19. The van der Waals surface area contributed by atoms with Crippen LogP contribution in [0.1, 0.15) is 104 Å². The van der Waals surface area contributed by atoms with E-state index in [-0.39, 0.29) is 25.0 Å². The molecule has 9 heteroatoms. The fraction of sp³-hybridized carbons (Fsp3) is 0.935. The van der Waals surface area contributed by atoms with Crippen LogP contribution in [-0.4, -0.2) is 107 Å². The van der Waals surface area contributed by atoms with E-state index in [0.717, 1.165) is 25.7 Å². The molecule has 0 bridgehead atoms. The van der Waals surface area contributed by atoms with Crippen LogP contribution in [0, 0.1) is 0 Å². The summed E-state index contributed by atoms with van der Waals surface area (Å²) in [6, 6.07) is 0. The standard InChI is InChI=1S/C31H60N2O7/c1-7-9-11-13-15-17-23-36-29-26(25-38-27(34)19-21-32(3)4)39-31(40-28(35)20-22-33(5)6)30(29)37-24-18-16-14-12-10-8-2/h26,29-31H,7-25H2,1-6H3/t26-,29+,30?,31+/m1/s1. The van der Waals surface area contributed by atoms with E-state index in [9.17, 15) is 9.59 Å². The van der Waals surface area contributed by atoms with Crippen molar-refractivity contribution in [2.75, 3.05) is 61.1 Å². The third-order valence-electron chi connectivity index (χ3n) is 7.07. The number of carbonyl (C=O) groups is 2. The second-order valence-electron chi connectivity index (χ2n) is 11.5. The first-order valence-corrected chi connectivity index (χ1v) is 15.8. The SMILES string of the molecule is CCCCCCCCOC1[C@H](OC(=O)CCN(C)C)O[C@H](COC(=O)CCN(C)C)[C@@H]1OCCCCCCCC. The van der Waals surface area contributed by atoms with E-state index in [0.29, 0.717) is 32.7 Å². The second-order valence-corrected chi connectivity index (χ2v) is 11.5. The minimum Gasteiger partial charge on any atom is -0.463 e. The Balaban J connectivity index is 2.84. The van der Waals surface area contributed by atoms with Gasteiger partial charge in [-0.15, -0.1) is 0 Å². The Morgan fingerprint density at radius 1 is 0.650 bits per heavy atom. The van der Waals surface area contributed by atoms with Gasteiger partial charge in [0.2, 0.25) is 6.29 Å². The topological polar surface area (TPSA) is 86.8 Å². The minimum absolute atomic E-state index is 0.0378. The number of ether oxygens (including phenoxy) is 5. The maximum absolute atomic E-state index is 12.6. The quantitative estimate of drug-likeness (QED) is 0.108. The van der Waals surface area contributed by atoms with Crippen LogP contribution in [0.25, 0.3) is 0 Å². The molecular formula is C31H60N2O7. The Kier molecular flexibility index (Phi) is 21.4. The van der Waals surface area contributed by atoms with Gasteiger partial charge in [-0.3, -0.25) is 9.59 Å². The first-order chi connectivity index (χ1) is 19.3. The maximum Gasteiger partial charge on any atom is 0.309 e. The average molecular weight is 573 g/mol. The molecule has 9 nitrogen and oxygen atoms in total. The van der Waals surface area contributed by atoms with Crippen molar-refractivity contribution in [3.05, 3.63) is 0 Å². The van der Waals surface area contributed by atoms with Crippen LogP contribution in [0.3, 0.4) is 0 Å².